The summed E-state index contributed by atoms with van der Waals surface area (Å²) in [6.07, 6.45) is 2.51. The summed E-state index contributed by atoms with van der Waals surface area (Å²) < 4.78 is 0. The second-order valence-electron chi connectivity index (χ2n) is 5.28. The lowest BCUT2D eigenvalue weighted by Gasteiger charge is -2.30. The van der Waals surface area contributed by atoms with E-state index in [2.05, 4.69) is 61.7 Å². The van der Waals surface area contributed by atoms with Crippen molar-refractivity contribution in [2.24, 2.45) is 5.92 Å². The van der Waals surface area contributed by atoms with Crippen LogP contribution in [0.5, 0.6) is 0 Å². The van der Waals surface area contributed by atoms with Crippen molar-refractivity contribution in [2.45, 2.75) is 31.6 Å². The number of nitrogens with zero attached hydrogens (tertiary/aromatic N) is 1. The van der Waals surface area contributed by atoms with Crippen LogP contribution in [0.3, 0.4) is 0 Å². The third kappa shape index (κ3) is 3.02. The molecule has 2 rings (SSSR count). The molecular weight excluding hydrogens is 214 g/mol. The predicted molar refractivity (Wildman–Crippen MR) is 72.9 cm³/mol. The highest BCUT2D eigenvalue weighted by Gasteiger charge is 2.30. The number of hydrogen-bond donors (Lipinski definition) is 1. The number of likely N-dealkylation sites (tertiary alicyclic amines) is 1. The van der Waals surface area contributed by atoms with Crippen molar-refractivity contribution >= 4 is 12.6 Å². The highest BCUT2D eigenvalue weighted by Crippen LogP contribution is 2.28. The lowest BCUT2D eigenvalue weighted by atomic mass is 9.99. The Bertz CT molecular complexity index is 328. The SMILES string of the molecule is CC(C)(S)N1CCC(Cc2ccccc2)C1. The molecule has 1 aromatic rings. The molecular formula is C14H21NS. The molecule has 1 nitrogen and oxygen atoms in total. The monoisotopic (exact) mass is 235 g/mol. The van der Waals surface area contributed by atoms with Crippen LogP contribution in [0.25, 0.3) is 0 Å². The molecule has 16 heavy (non-hydrogen) atoms. The van der Waals surface area contributed by atoms with Crippen molar-refractivity contribution in [3.63, 3.8) is 0 Å². The Kier molecular flexibility index (Phi) is 3.60. The fraction of sp³-hybridized carbons (Fsp3) is 0.571. The number of rotatable bonds is 3. The van der Waals surface area contributed by atoms with Gasteiger partial charge in [0.1, 0.15) is 0 Å². The van der Waals surface area contributed by atoms with Gasteiger partial charge in [0, 0.05) is 6.54 Å². The average molecular weight is 235 g/mol. The number of thiol groups is 1. The van der Waals surface area contributed by atoms with E-state index in [1.165, 1.54) is 31.5 Å². The maximum atomic E-state index is 4.64. The first kappa shape index (κ1) is 12.0. The second-order valence-corrected chi connectivity index (χ2v) is 6.38. The first-order chi connectivity index (χ1) is 7.55. The van der Waals surface area contributed by atoms with Gasteiger partial charge in [-0.2, -0.15) is 12.6 Å². The molecule has 1 heterocycles. The van der Waals surface area contributed by atoms with Crippen LogP contribution >= 0.6 is 12.6 Å². The van der Waals surface area contributed by atoms with E-state index in [4.69, 9.17) is 0 Å². The molecule has 1 saturated heterocycles. The molecule has 0 amide bonds. The molecule has 0 aromatic heterocycles. The first-order valence-corrected chi connectivity index (χ1v) is 6.52. The Hall–Kier alpha value is -0.470. The summed E-state index contributed by atoms with van der Waals surface area (Å²) in [5, 5.41) is 0. The van der Waals surface area contributed by atoms with Gasteiger partial charge in [-0.25, -0.2) is 0 Å². The molecule has 0 aliphatic carbocycles. The molecule has 0 bridgehead atoms. The molecule has 1 aliphatic rings. The minimum Gasteiger partial charge on any atom is -0.289 e. The van der Waals surface area contributed by atoms with Crippen LogP contribution < -0.4 is 0 Å². The minimum atomic E-state index is 0.0332. The Morgan fingerprint density at radius 2 is 2.00 bits per heavy atom. The van der Waals surface area contributed by atoms with Crippen LogP contribution in [0, 0.1) is 5.92 Å². The molecule has 0 spiro atoms. The van der Waals surface area contributed by atoms with Crippen LogP contribution in [0.4, 0.5) is 0 Å². The average Bonchev–Trinajstić information content (AvgIpc) is 2.67. The zero-order valence-corrected chi connectivity index (χ0v) is 11.1. The summed E-state index contributed by atoms with van der Waals surface area (Å²) in [5.41, 5.74) is 1.46. The molecule has 88 valence electrons. The maximum Gasteiger partial charge on any atom is 0.0583 e. The third-order valence-corrected chi connectivity index (χ3v) is 3.71. The van der Waals surface area contributed by atoms with Crippen LogP contribution in [-0.4, -0.2) is 22.9 Å². The van der Waals surface area contributed by atoms with E-state index in [0.717, 1.165) is 5.92 Å². The van der Waals surface area contributed by atoms with E-state index >= 15 is 0 Å². The highest BCUT2D eigenvalue weighted by atomic mass is 32.1. The van der Waals surface area contributed by atoms with Gasteiger partial charge < -0.3 is 0 Å². The second kappa shape index (κ2) is 4.80. The van der Waals surface area contributed by atoms with Gasteiger partial charge >= 0.3 is 0 Å². The van der Waals surface area contributed by atoms with Crippen LogP contribution in [0.1, 0.15) is 25.8 Å². The summed E-state index contributed by atoms with van der Waals surface area (Å²) in [6.45, 7) is 6.74. The lowest BCUT2D eigenvalue weighted by Crippen LogP contribution is -2.37. The summed E-state index contributed by atoms with van der Waals surface area (Å²) in [7, 11) is 0. The van der Waals surface area contributed by atoms with E-state index in [1.807, 2.05) is 0 Å². The van der Waals surface area contributed by atoms with E-state index in [0.29, 0.717) is 0 Å². The van der Waals surface area contributed by atoms with Gasteiger partial charge in [0.25, 0.3) is 0 Å². The smallest absolute Gasteiger partial charge is 0.0583 e. The van der Waals surface area contributed by atoms with Crippen molar-refractivity contribution in [1.29, 1.82) is 0 Å². The number of benzene rings is 1. The third-order valence-electron chi connectivity index (χ3n) is 3.43. The van der Waals surface area contributed by atoms with Crippen molar-refractivity contribution in [3.8, 4) is 0 Å². The fourth-order valence-corrected chi connectivity index (χ4v) is 2.63. The van der Waals surface area contributed by atoms with E-state index in [9.17, 15) is 0 Å². The zero-order chi connectivity index (χ0) is 11.6. The molecule has 1 atom stereocenters. The summed E-state index contributed by atoms with van der Waals surface area (Å²) in [6, 6.07) is 10.8. The van der Waals surface area contributed by atoms with Crippen LogP contribution in [0.2, 0.25) is 0 Å². The standard InChI is InChI=1S/C14H21NS/c1-14(2,16)15-9-8-13(11-15)10-12-6-4-3-5-7-12/h3-7,13,16H,8-11H2,1-2H3. The Labute approximate surface area is 104 Å². The maximum absolute atomic E-state index is 4.64. The van der Waals surface area contributed by atoms with Crippen LogP contribution in [0.15, 0.2) is 30.3 Å². The van der Waals surface area contributed by atoms with Gasteiger partial charge in [0.05, 0.1) is 4.87 Å². The largest absolute Gasteiger partial charge is 0.289 e. The normalized spacial score (nSPS) is 22.6. The van der Waals surface area contributed by atoms with E-state index < -0.39 is 0 Å². The molecule has 0 N–H and O–H groups in total. The Morgan fingerprint density at radius 3 is 2.56 bits per heavy atom. The molecule has 1 unspecified atom stereocenters. The quantitative estimate of drug-likeness (QED) is 0.787. The van der Waals surface area contributed by atoms with Gasteiger partial charge in [-0.3, -0.25) is 4.90 Å². The topological polar surface area (TPSA) is 3.24 Å². The summed E-state index contributed by atoms with van der Waals surface area (Å²) in [5.74, 6) is 0.800. The molecule has 0 radical (unpaired) electrons. The van der Waals surface area contributed by atoms with Gasteiger partial charge in [0.15, 0.2) is 0 Å². The van der Waals surface area contributed by atoms with Crippen molar-refractivity contribution in [2.75, 3.05) is 13.1 Å². The van der Waals surface area contributed by atoms with Crippen molar-refractivity contribution in [3.05, 3.63) is 35.9 Å². The molecule has 1 aliphatic heterocycles. The Morgan fingerprint density at radius 1 is 1.31 bits per heavy atom. The molecule has 0 saturated carbocycles. The van der Waals surface area contributed by atoms with Gasteiger partial charge in [-0.15, -0.1) is 0 Å². The minimum absolute atomic E-state index is 0.0332. The zero-order valence-electron chi connectivity index (χ0n) is 10.2. The fourth-order valence-electron chi connectivity index (χ4n) is 2.44. The summed E-state index contributed by atoms with van der Waals surface area (Å²) in [4.78, 5) is 2.51. The van der Waals surface area contributed by atoms with E-state index in [1.54, 1.807) is 0 Å². The van der Waals surface area contributed by atoms with Gasteiger partial charge in [-0.05, 0) is 44.7 Å². The van der Waals surface area contributed by atoms with Crippen LogP contribution in [-0.2, 0) is 6.42 Å². The molecule has 1 aromatic carbocycles. The van der Waals surface area contributed by atoms with Gasteiger partial charge in [0.2, 0.25) is 0 Å². The predicted octanol–water partition coefficient (Wildman–Crippen LogP) is 3.22. The first-order valence-electron chi connectivity index (χ1n) is 6.07. The number of hydrogen-bond acceptors (Lipinski definition) is 2. The molecule has 2 heteroatoms. The Balaban J connectivity index is 1.91. The van der Waals surface area contributed by atoms with E-state index in [-0.39, 0.29) is 4.87 Å². The molecule has 1 fully saturated rings. The summed E-state index contributed by atoms with van der Waals surface area (Å²) >= 11 is 4.64. The van der Waals surface area contributed by atoms with Crippen molar-refractivity contribution in [1.82, 2.24) is 4.90 Å². The van der Waals surface area contributed by atoms with Gasteiger partial charge in [-0.1, -0.05) is 30.3 Å². The van der Waals surface area contributed by atoms with Crippen molar-refractivity contribution < 1.29 is 0 Å². The highest BCUT2D eigenvalue weighted by molar-refractivity contribution is 7.81. The lowest BCUT2D eigenvalue weighted by molar-refractivity contribution is 0.237.